The summed E-state index contributed by atoms with van der Waals surface area (Å²) in [6.45, 7) is 1.40. The van der Waals surface area contributed by atoms with Crippen LogP contribution < -0.4 is 0 Å². The topological polar surface area (TPSA) is 88.6 Å². The van der Waals surface area contributed by atoms with E-state index < -0.39 is 0 Å². The smallest absolute Gasteiger partial charge is 0.174 e. The maximum absolute atomic E-state index is 11.0. The molecule has 6 nitrogen and oxygen atoms in total. The van der Waals surface area contributed by atoms with Crippen LogP contribution in [-0.2, 0) is 16.0 Å². The number of tetrazole rings is 1. The van der Waals surface area contributed by atoms with Crippen LogP contribution in [0.25, 0.3) is 0 Å². The molecule has 0 aliphatic rings. The van der Waals surface area contributed by atoms with Crippen molar-refractivity contribution in [3.05, 3.63) is 5.82 Å². The van der Waals surface area contributed by atoms with Gasteiger partial charge in [0.25, 0.3) is 0 Å². The van der Waals surface area contributed by atoms with Gasteiger partial charge in [0.1, 0.15) is 11.6 Å². The second-order valence-corrected chi connectivity index (χ2v) is 2.75. The molecule has 0 bridgehead atoms. The van der Waals surface area contributed by atoms with Crippen molar-refractivity contribution >= 4 is 11.6 Å². The molecule has 0 radical (unpaired) electrons. The molecule has 1 heterocycles. The molecule has 70 valence electrons. The summed E-state index contributed by atoms with van der Waals surface area (Å²) in [6, 6.07) is 0. The monoisotopic (exact) mass is 182 g/mol. The van der Waals surface area contributed by atoms with Crippen molar-refractivity contribution in [1.82, 2.24) is 20.6 Å². The number of rotatable bonds is 5. The van der Waals surface area contributed by atoms with Gasteiger partial charge in [0.05, 0.1) is 6.42 Å². The number of nitrogens with zero attached hydrogens (tertiary/aromatic N) is 3. The number of aromatic nitrogens is 4. The Labute approximate surface area is 74.7 Å². The van der Waals surface area contributed by atoms with E-state index in [1.54, 1.807) is 0 Å². The van der Waals surface area contributed by atoms with Gasteiger partial charge >= 0.3 is 0 Å². The molecule has 1 rings (SSSR count). The van der Waals surface area contributed by atoms with Gasteiger partial charge < -0.3 is 0 Å². The van der Waals surface area contributed by atoms with Gasteiger partial charge in [0.2, 0.25) is 0 Å². The van der Waals surface area contributed by atoms with Crippen molar-refractivity contribution in [3.63, 3.8) is 0 Å². The highest BCUT2D eigenvalue weighted by Crippen LogP contribution is 1.97. The lowest BCUT2D eigenvalue weighted by molar-refractivity contribution is -0.125. The average molecular weight is 182 g/mol. The molecule has 1 aromatic heterocycles. The Morgan fingerprint density at radius 2 is 2.23 bits per heavy atom. The third kappa shape index (κ3) is 3.55. The molecule has 0 spiro atoms. The highest BCUT2D eigenvalue weighted by Gasteiger charge is 2.07. The van der Waals surface area contributed by atoms with Crippen molar-refractivity contribution in [1.29, 1.82) is 0 Å². The van der Waals surface area contributed by atoms with E-state index in [9.17, 15) is 9.59 Å². The van der Waals surface area contributed by atoms with Gasteiger partial charge in [-0.3, -0.25) is 9.59 Å². The van der Waals surface area contributed by atoms with Crippen LogP contribution in [0.2, 0.25) is 0 Å². The molecule has 0 unspecified atom stereocenters. The molecule has 1 N–H and O–H groups in total. The van der Waals surface area contributed by atoms with E-state index in [1.807, 2.05) is 0 Å². The predicted molar refractivity (Wildman–Crippen MR) is 42.8 cm³/mol. The molecule has 0 saturated carbocycles. The minimum Gasteiger partial charge on any atom is -0.300 e. The molecular weight excluding hydrogens is 172 g/mol. The highest BCUT2D eigenvalue weighted by atomic mass is 16.1. The molecule has 6 heteroatoms. The van der Waals surface area contributed by atoms with Crippen LogP contribution >= 0.6 is 0 Å². The number of nitrogens with one attached hydrogen (secondary N) is 1. The summed E-state index contributed by atoms with van der Waals surface area (Å²) < 4.78 is 0. The fourth-order valence-electron chi connectivity index (χ4n) is 0.906. The van der Waals surface area contributed by atoms with E-state index in [0.717, 1.165) is 0 Å². The van der Waals surface area contributed by atoms with Gasteiger partial charge in [-0.2, -0.15) is 5.21 Å². The zero-order valence-corrected chi connectivity index (χ0v) is 7.28. The van der Waals surface area contributed by atoms with E-state index in [1.165, 1.54) is 6.92 Å². The maximum Gasteiger partial charge on any atom is 0.174 e. The summed E-state index contributed by atoms with van der Waals surface area (Å²) in [5.74, 6) is 0.298. The molecule has 0 aliphatic carbocycles. The Morgan fingerprint density at radius 1 is 1.46 bits per heavy atom. The Bertz CT molecular complexity index is 293. The lowest BCUT2D eigenvalue weighted by Gasteiger charge is -1.93. The lowest BCUT2D eigenvalue weighted by Crippen LogP contribution is -2.06. The summed E-state index contributed by atoms with van der Waals surface area (Å²) in [5.41, 5.74) is 0. The number of Topliss-reactive ketones (excluding diaryl/α,β-unsaturated/α-hetero) is 2. The van der Waals surface area contributed by atoms with Gasteiger partial charge in [-0.15, -0.1) is 10.2 Å². The quantitative estimate of drug-likeness (QED) is 0.630. The van der Waals surface area contributed by atoms with Gasteiger partial charge in [0, 0.05) is 12.8 Å². The van der Waals surface area contributed by atoms with Crippen LogP contribution in [-0.4, -0.2) is 32.2 Å². The summed E-state index contributed by atoms with van der Waals surface area (Å²) in [7, 11) is 0. The Morgan fingerprint density at radius 3 is 2.77 bits per heavy atom. The number of carbonyl (C=O) groups excluding carboxylic acids is 2. The molecule has 1 aromatic rings. The van der Waals surface area contributed by atoms with E-state index >= 15 is 0 Å². The molecule has 0 amide bonds. The number of hydrogen-bond donors (Lipinski definition) is 1. The van der Waals surface area contributed by atoms with Crippen LogP contribution in [0.4, 0.5) is 0 Å². The second kappa shape index (κ2) is 4.44. The van der Waals surface area contributed by atoms with E-state index in [0.29, 0.717) is 18.7 Å². The highest BCUT2D eigenvalue weighted by molar-refractivity contribution is 5.97. The first kappa shape index (κ1) is 9.50. The number of aryl methyl sites for hydroxylation is 1. The lowest BCUT2D eigenvalue weighted by atomic mass is 10.1. The third-order valence-electron chi connectivity index (χ3n) is 1.46. The fraction of sp³-hybridized carbons (Fsp3) is 0.571. The van der Waals surface area contributed by atoms with Gasteiger partial charge in [-0.05, 0) is 6.92 Å². The third-order valence-corrected chi connectivity index (χ3v) is 1.46. The summed E-state index contributed by atoms with van der Waals surface area (Å²) in [6.07, 6.45) is 0.722. The minimum absolute atomic E-state index is 0.00213. The number of carbonyl (C=O) groups is 2. The molecule has 0 fully saturated rings. The van der Waals surface area contributed by atoms with Crippen molar-refractivity contribution in [2.45, 2.75) is 26.2 Å². The van der Waals surface area contributed by atoms with Crippen molar-refractivity contribution in [3.8, 4) is 0 Å². The first-order chi connectivity index (χ1) is 6.18. The number of ketones is 2. The van der Waals surface area contributed by atoms with E-state index in [2.05, 4.69) is 20.6 Å². The molecule has 0 aliphatic heterocycles. The standard InChI is InChI=1S/C7H10N4O2/c1-5(12)4-6(13)2-3-7-8-10-11-9-7/h2-4H2,1H3,(H,8,9,10,11). The molecular formula is C7H10N4O2. The molecule has 0 aromatic carbocycles. The van der Waals surface area contributed by atoms with Gasteiger partial charge in [0.15, 0.2) is 5.82 Å². The zero-order valence-electron chi connectivity index (χ0n) is 7.28. The minimum atomic E-state index is -0.113. The van der Waals surface area contributed by atoms with Crippen LogP contribution in [0.15, 0.2) is 0 Å². The van der Waals surface area contributed by atoms with E-state index in [-0.39, 0.29) is 18.0 Å². The normalized spacial score (nSPS) is 9.92. The fourth-order valence-corrected chi connectivity index (χ4v) is 0.906. The second-order valence-electron chi connectivity index (χ2n) is 2.75. The number of H-pyrrole nitrogens is 1. The molecule has 0 saturated heterocycles. The van der Waals surface area contributed by atoms with Crippen molar-refractivity contribution in [2.24, 2.45) is 0 Å². The summed E-state index contributed by atoms with van der Waals surface area (Å²) in [5, 5.41) is 13.0. The van der Waals surface area contributed by atoms with Crippen LogP contribution in [0.3, 0.4) is 0 Å². The van der Waals surface area contributed by atoms with Crippen LogP contribution in [0.5, 0.6) is 0 Å². The Balaban J connectivity index is 2.27. The molecule has 13 heavy (non-hydrogen) atoms. The zero-order chi connectivity index (χ0) is 9.68. The Kier molecular flexibility index (Phi) is 3.24. The number of aromatic amines is 1. The summed E-state index contributed by atoms with van der Waals surface area (Å²) in [4.78, 5) is 21.6. The van der Waals surface area contributed by atoms with Crippen molar-refractivity contribution < 1.29 is 9.59 Å². The first-order valence-electron chi connectivity index (χ1n) is 3.92. The van der Waals surface area contributed by atoms with Crippen LogP contribution in [0, 0.1) is 0 Å². The average Bonchev–Trinajstić information content (AvgIpc) is 2.51. The largest absolute Gasteiger partial charge is 0.300 e. The van der Waals surface area contributed by atoms with E-state index in [4.69, 9.17) is 0 Å². The van der Waals surface area contributed by atoms with Gasteiger partial charge in [-0.25, -0.2) is 0 Å². The van der Waals surface area contributed by atoms with Crippen molar-refractivity contribution in [2.75, 3.05) is 0 Å². The summed E-state index contributed by atoms with van der Waals surface area (Å²) >= 11 is 0. The van der Waals surface area contributed by atoms with Crippen LogP contribution in [0.1, 0.15) is 25.6 Å². The SMILES string of the molecule is CC(=O)CC(=O)CCc1nn[nH]n1. The maximum atomic E-state index is 11.0. The van der Waals surface area contributed by atoms with Gasteiger partial charge in [-0.1, -0.05) is 5.21 Å². The first-order valence-corrected chi connectivity index (χ1v) is 3.92. The number of hydrogen-bond acceptors (Lipinski definition) is 5. The molecule has 0 atom stereocenters. The predicted octanol–water partition coefficient (Wildman–Crippen LogP) is -0.320. The Hall–Kier alpha value is -1.59.